The van der Waals surface area contributed by atoms with Gasteiger partial charge in [-0.15, -0.1) is 0 Å². The van der Waals surface area contributed by atoms with Crippen molar-refractivity contribution in [2.45, 2.75) is 64.7 Å². The number of nitrogens with one attached hydrogen (secondary N) is 2. The zero-order chi connectivity index (χ0) is 16.8. The Morgan fingerprint density at radius 2 is 2.21 bits per heavy atom. The summed E-state index contributed by atoms with van der Waals surface area (Å²) in [6, 6.07) is 1.95. The minimum atomic E-state index is -0.0399. The number of hydrogen-bond donors (Lipinski definition) is 2. The second kappa shape index (κ2) is 8.08. The summed E-state index contributed by atoms with van der Waals surface area (Å²) in [4.78, 5) is 16.1. The standard InChI is InChI=1S/C17H25N5O2/c1-12-18-17(24-22-12)9-5-8-16(23)19-15-11-14(20-21-15)10-13-6-3-2-4-7-13/h11,13H,2-10H2,1H3,(H2,19,20,21,23). The summed E-state index contributed by atoms with van der Waals surface area (Å²) in [7, 11) is 0. The molecular weight excluding hydrogens is 306 g/mol. The van der Waals surface area contributed by atoms with Gasteiger partial charge < -0.3 is 9.84 Å². The minimum Gasteiger partial charge on any atom is -0.339 e. The van der Waals surface area contributed by atoms with Crippen LogP contribution in [0.1, 0.15) is 62.4 Å². The molecular formula is C17H25N5O2. The summed E-state index contributed by atoms with van der Waals surface area (Å²) in [6.45, 7) is 1.78. The molecule has 0 spiro atoms. The van der Waals surface area contributed by atoms with E-state index in [0.29, 0.717) is 36.8 Å². The Bertz CT molecular complexity index is 657. The van der Waals surface area contributed by atoms with Crippen LogP contribution in [0.2, 0.25) is 0 Å². The van der Waals surface area contributed by atoms with E-state index in [2.05, 4.69) is 25.7 Å². The van der Waals surface area contributed by atoms with Gasteiger partial charge in [-0.05, 0) is 25.7 Å². The van der Waals surface area contributed by atoms with E-state index in [0.717, 1.165) is 18.0 Å². The third-order valence-electron chi connectivity index (χ3n) is 4.50. The zero-order valence-corrected chi connectivity index (χ0v) is 14.2. The number of nitrogens with zero attached hydrogens (tertiary/aromatic N) is 3. The van der Waals surface area contributed by atoms with Crippen molar-refractivity contribution >= 4 is 11.7 Å². The largest absolute Gasteiger partial charge is 0.339 e. The molecule has 2 aromatic heterocycles. The van der Waals surface area contributed by atoms with Gasteiger partial charge in [0.25, 0.3) is 0 Å². The molecule has 3 rings (SSSR count). The van der Waals surface area contributed by atoms with Crippen LogP contribution in [0.25, 0.3) is 0 Å². The number of rotatable bonds is 7. The van der Waals surface area contributed by atoms with Gasteiger partial charge >= 0.3 is 0 Å². The van der Waals surface area contributed by atoms with Gasteiger partial charge in [0.05, 0.1) is 0 Å². The van der Waals surface area contributed by atoms with Crippen LogP contribution in [0.5, 0.6) is 0 Å². The molecule has 7 nitrogen and oxygen atoms in total. The van der Waals surface area contributed by atoms with Gasteiger partial charge in [0, 0.05) is 24.6 Å². The van der Waals surface area contributed by atoms with Crippen LogP contribution in [0.15, 0.2) is 10.6 Å². The first-order chi connectivity index (χ1) is 11.7. The Morgan fingerprint density at radius 3 is 2.96 bits per heavy atom. The number of aryl methyl sites for hydroxylation is 2. The molecule has 0 radical (unpaired) electrons. The molecule has 2 N–H and O–H groups in total. The van der Waals surface area contributed by atoms with E-state index in [4.69, 9.17) is 4.52 Å². The Kier molecular flexibility index (Phi) is 5.61. The lowest BCUT2D eigenvalue weighted by Gasteiger charge is -2.20. The molecule has 0 aliphatic heterocycles. The molecule has 1 aliphatic carbocycles. The molecule has 1 amide bonds. The average Bonchev–Trinajstić information content (AvgIpc) is 3.17. The highest BCUT2D eigenvalue weighted by Gasteiger charge is 2.15. The molecule has 1 fully saturated rings. The van der Waals surface area contributed by atoms with Gasteiger partial charge in [0.2, 0.25) is 11.8 Å². The molecule has 0 unspecified atom stereocenters. The normalized spacial score (nSPS) is 15.5. The number of carbonyl (C=O) groups excluding carboxylic acids is 1. The fourth-order valence-corrected chi connectivity index (χ4v) is 3.28. The maximum absolute atomic E-state index is 12.0. The number of anilines is 1. The fourth-order valence-electron chi connectivity index (χ4n) is 3.28. The number of hydrogen-bond acceptors (Lipinski definition) is 5. The number of carbonyl (C=O) groups is 1. The molecule has 1 aliphatic rings. The maximum atomic E-state index is 12.0. The number of aromatic amines is 1. The third-order valence-corrected chi connectivity index (χ3v) is 4.50. The lowest BCUT2D eigenvalue weighted by Crippen LogP contribution is -2.11. The van der Waals surface area contributed by atoms with Crippen molar-refractivity contribution < 1.29 is 9.32 Å². The first kappa shape index (κ1) is 16.7. The van der Waals surface area contributed by atoms with E-state index in [1.807, 2.05) is 6.07 Å². The monoisotopic (exact) mass is 331 g/mol. The van der Waals surface area contributed by atoms with Crippen molar-refractivity contribution in [3.05, 3.63) is 23.5 Å². The summed E-state index contributed by atoms with van der Waals surface area (Å²) in [5.41, 5.74) is 1.11. The van der Waals surface area contributed by atoms with Gasteiger partial charge in [-0.3, -0.25) is 9.89 Å². The van der Waals surface area contributed by atoms with Gasteiger partial charge in [0.15, 0.2) is 11.6 Å². The molecule has 2 heterocycles. The highest BCUT2D eigenvalue weighted by Crippen LogP contribution is 2.26. The first-order valence-corrected chi connectivity index (χ1v) is 8.82. The van der Waals surface area contributed by atoms with Crippen molar-refractivity contribution in [1.29, 1.82) is 0 Å². The van der Waals surface area contributed by atoms with Crippen molar-refractivity contribution in [3.63, 3.8) is 0 Å². The van der Waals surface area contributed by atoms with Crippen molar-refractivity contribution in [3.8, 4) is 0 Å². The molecule has 2 aromatic rings. The summed E-state index contributed by atoms with van der Waals surface area (Å²) in [6.07, 6.45) is 9.36. The topological polar surface area (TPSA) is 96.7 Å². The quantitative estimate of drug-likeness (QED) is 0.812. The Hall–Kier alpha value is -2.18. The average molecular weight is 331 g/mol. The first-order valence-electron chi connectivity index (χ1n) is 8.82. The van der Waals surface area contributed by atoms with Crippen LogP contribution >= 0.6 is 0 Å². The van der Waals surface area contributed by atoms with Crippen molar-refractivity contribution in [2.24, 2.45) is 5.92 Å². The number of H-pyrrole nitrogens is 1. The second-order valence-electron chi connectivity index (χ2n) is 6.62. The predicted octanol–water partition coefficient (Wildman–Crippen LogP) is 3.19. The SMILES string of the molecule is Cc1noc(CCCC(=O)Nc2cc(CC3CCCCC3)[nH]n2)n1. The molecule has 7 heteroatoms. The molecule has 0 atom stereocenters. The summed E-state index contributed by atoms with van der Waals surface area (Å²) < 4.78 is 5.03. The zero-order valence-electron chi connectivity index (χ0n) is 14.2. The van der Waals surface area contributed by atoms with E-state index in [1.54, 1.807) is 6.92 Å². The number of aromatic nitrogens is 4. The lowest BCUT2D eigenvalue weighted by atomic mass is 9.86. The third kappa shape index (κ3) is 4.91. The molecule has 0 saturated heterocycles. The van der Waals surface area contributed by atoms with E-state index < -0.39 is 0 Å². The van der Waals surface area contributed by atoms with Gasteiger partial charge in [-0.1, -0.05) is 37.3 Å². The van der Waals surface area contributed by atoms with Crippen LogP contribution < -0.4 is 5.32 Å². The van der Waals surface area contributed by atoms with Gasteiger partial charge in [-0.2, -0.15) is 10.1 Å². The molecule has 1 saturated carbocycles. The number of amides is 1. The molecule has 24 heavy (non-hydrogen) atoms. The Morgan fingerprint density at radius 1 is 1.38 bits per heavy atom. The van der Waals surface area contributed by atoms with Gasteiger partial charge in [0.1, 0.15) is 0 Å². The minimum absolute atomic E-state index is 0.0399. The van der Waals surface area contributed by atoms with E-state index in [1.165, 1.54) is 32.1 Å². The van der Waals surface area contributed by atoms with Crippen LogP contribution in [0, 0.1) is 12.8 Å². The summed E-state index contributed by atoms with van der Waals surface area (Å²) >= 11 is 0. The fraction of sp³-hybridized carbons (Fsp3) is 0.647. The second-order valence-corrected chi connectivity index (χ2v) is 6.62. The van der Waals surface area contributed by atoms with Crippen molar-refractivity contribution in [2.75, 3.05) is 5.32 Å². The highest BCUT2D eigenvalue weighted by atomic mass is 16.5. The molecule has 0 bridgehead atoms. The van der Waals surface area contributed by atoms with Crippen LogP contribution in [0.4, 0.5) is 5.82 Å². The van der Waals surface area contributed by atoms with E-state index in [-0.39, 0.29) is 5.91 Å². The Balaban J connectivity index is 1.39. The van der Waals surface area contributed by atoms with Crippen molar-refractivity contribution in [1.82, 2.24) is 20.3 Å². The smallest absolute Gasteiger partial charge is 0.226 e. The highest BCUT2D eigenvalue weighted by molar-refractivity contribution is 5.89. The molecule has 130 valence electrons. The maximum Gasteiger partial charge on any atom is 0.226 e. The van der Waals surface area contributed by atoms with Gasteiger partial charge in [-0.25, -0.2) is 0 Å². The van der Waals surface area contributed by atoms with Crippen LogP contribution in [0.3, 0.4) is 0 Å². The van der Waals surface area contributed by atoms with Crippen LogP contribution in [-0.2, 0) is 17.6 Å². The lowest BCUT2D eigenvalue weighted by molar-refractivity contribution is -0.116. The predicted molar refractivity (Wildman–Crippen MR) is 89.5 cm³/mol. The van der Waals surface area contributed by atoms with Crippen LogP contribution in [-0.4, -0.2) is 26.2 Å². The van der Waals surface area contributed by atoms with E-state index in [9.17, 15) is 4.79 Å². The summed E-state index contributed by atoms with van der Waals surface area (Å²) in [5.74, 6) is 2.52. The Labute approximate surface area is 141 Å². The molecule has 0 aromatic carbocycles. The summed E-state index contributed by atoms with van der Waals surface area (Å²) in [5, 5.41) is 13.8. The van der Waals surface area contributed by atoms with E-state index >= 15 is 0 Å².